The van der Waals surface area contributed by atoms with E-state index in [1.807, 2.05) is 11.3 Å². The first kappa shape index (κ1) is 33.7. The maximum absolute atomic E-state index is 2.42. The third-order valence-corrected chi connectivity index (χ3v) is 13.1. The molecule has 0 unspecified atom stereocenters. The smallest absolute Gasteiger partial charge is 0.0547 e. The van der Waals surface area contributed by atoms with Gasteiger partial charge in [-0.1, -0.05) is 152 Å². The SMILES string of the molecule is c1ccc(-c2ccc(N(c3ccc(-c4ccccc4)cc3)c3ccc4c(c3)sc3cc(-c5ccc6c7c5ccc5cccc(c57)n6-c5ccccc5)ccc34)cc2)cc1. The second kappa shape index (κ2) is 13.6. The number of hydrogen-bond acceptors (Lipinski definition) is 2. The van der Waals surface area contributed by atoms with Crippen LogP contribution in [0.1, 0.15) is 0 Å². The van der Waals surface area contributed by atoms with Gasteiger partial charge in [-0.05, 0) is 111 Å². The Kier molecular flexibility index (Phi) is 7.75. The van der Waals surface area contributed by atoms with Crippen LogP contribution in [-0.4, -0.2) is 4.57 Å². The number of anilines is 3. The van der Waals surface area contributed by atoms with Crippen molar-refractivity contribution in [3.8, 4) is 39.1 Å². The summed E-state index contributed by atoms with van der Waals surface area (Å²) < 4.78 is 4.98. The minimum Gasteiger partial charge on any atom is -0.310 e. The summed E-state index contributed by atoms with van der Waals surface area (Å²) in [5, 5.41) is 7.79. The highest BCUT2D eigenvalue weighted by atomic mass is 32.1. The molecule has 59 heavy (non-hydrogen) atoms. The fourth-order valence-electron chi connectivity index (χ4n) is 9.18. The molecule has 0 saturated heterocycles. The molecule has 2 aromatic heterocycles. The van der Waals surface area contributed by atoms with Crippen molar-refractivity contribution < 1.29 is 0 Å². The number of rotatable bonds is 7. The Bertz CT molecular complexity index is 3370. The third-order valence-electron chi connectivity index (χ3n) is 12.0. The topological polar surface area (TPSA) is 8.17 Å². The molecule has 3 heteroatoms. The Morgan fingerprint density at radius 1 is 0.339 bits per heavy atom. The van der Waals surface area contributed by atoms with Gasteiger partial charge in [0.1, 0.15) is 0 Å². The van der Waals surface area contributed by atoms with Gasteiger partial charge in [0.25, 0.3) is 0 Å². The predicted octanol–water partition coefficient (Wildman–Crippen LogP) is 16.2. The highest BCUT2D eigenvalue weighted by molar-refractivity contribution is 7.25. The average molecular weight is 769 g/mol. The number of nitrogens with zero attached hydrogens (tertiary/aromatic N) is 2. The van der Waals surface area contributed by atoms with Gasteiger partial charge in [-0.25, -0.2) is 0 Å². The van der Waals surface area contributed by atoms with Crippen molar-refractivity contribution >= 4 is 81.1 Å². The summed E-state index contributed by atoms with van der Waals surface area (Å²) in [6, 6.07) is 79.7. The molecule has 0 radical (unpaired) electrons. The van der Waals surface area contributed by atoms with Gasteiger partial charge in [0.2, 0.25) is 0 Å². The van der Waals surface area contributed by atoms with Crippen LogP contribution in [0.3, 0.4) is 0 Å². The van der Waals surface area contributed by atoms with Crippen LogP contribution in [0.2, 0.25) is 0 Å². The second-order valence-electron chi connectivity index (χ2n) is 15.3. The molecule has 276 valence electrons. The van der Waals surface area contributed by atoms with E-state index in [9.17, 15) is 0 Å². The highest BCUT2D eigenvalue weighted by Crippen LogP contribution is 2.45. The number of hydrogen-bond donors (Lipinski definition) is 0. The molecule has 0 aliphatic heterocycles. The van der Waals surface area contributed by atoms with Crippen molar-refractivity contribution in [2.75, 3.05) is 4.90 Å². The molecule has 0 aliphatic carbocycles. The first-order chi connectivity index (χ1) is 29.2. The number of para-hydroxylation sites is 1. The standard InChI is InChI=1S/C56H36N2S/c1-4-11-37(12-5-1)39-19-25-44(26-20-39)57(45-27-21-40(22-28-45)38-13-6-2-7-14-38)46-29-32-49-48-30-24-42(35-53(48)59-54(49)36-46)47-33-34-52-56-50(47)31-23-41-15-10-18-51(55(41)56)58(52)43-16-8-3-9-17-43/h1-36H. The van der Waals surface area contributed by atoms with Gasteiger partial charge in [0, 0.05) is 53.7 Å². The maximum Gasteiger partial charge on any atom is 0.0547 e. The largest absolute Gasteiger partial charge is 0.310 e. The number of thiophene rings is 1. The fraction of sp³-hybridized carbons (Fsp3) is 0. The lowest BCUT2D eigenvalue weighted by atomic mass is 9.94. The molecule has 0 spiro atoms. The molecular weight excluding hydrogens is 733 g/mol. The molecule has 10 aromatic carbocycles. The molecule has 12 aromatic rings. The summed E-state index contributed by atoms with van der Waals surface area (Å²) in [6.07, 6.45) is 0. The van der Waals surface area contributed by atoms with E-state index in [2.05, 4.69) is 228 Å². The Morgan fingerprint density at radius 3 is 1.53 bits per heavy atom. The Balaban J connectivity index is 0.966. The fourth-order valence-corrected chi connectivity index (χ4v) is 10.4. The van der Waals surface area contributed by atoms with E-state index in [-0.39, 0.29) is 0 Å². The van der Waals surface area contributed by atoms with E-state index in [1.165, 1.54) is 91.8 Å². The van der Waals surface area contributed by atoms with Crippen molar-refractivity contribution in [3.05, 3.63) is 218 Å². The highest BCUT2D eigenvalue weighted by Gasteiger charge is 2.20. The van der Waals surface area contributed by atoms with Gasteiger partial charge in [0.15, 0.2) is 0 Å². The first-order valence-corrected chi connectivity index (χ1v) is 21.0. The average Bonchev–Trinajstić information content (AvgIpc) is 3.85. The molecule has 12 rings (SSSR count). The molecular formula is C56H36N2S. The summed E-state index contributed by atoms with van der Waals surface area (Å²) in [5.41, 5.74) is 14.4. The molecule has 0 bridgehead atoms. The summed E-state index contributed by atoms with van der Waals surface area (Å²) >= 11 is 1.88. The molecule has 0 N–H and O–H groups in total. The third kappa shape index (κ3) is 5.55. The predicted molar refractivity (Wildman–Crippen MR) is 253 cm³/mol. The van der Waals surface area contributed by atoms with Crippen LogP contribution in [0.25, 0.3) is 91.8 Å². The number of aromatic nitrogens is 1. The first-order valence-electron chi connectivity index (χ1n) is 20.2. The minimum absolute atomic E-state index is 1.12. The van der Waals surface area contributed by atoms with Crippen molar-refractivity contribution in [2.24, 2.45) is 0 Å². The van der Waals surface area contributed by atoms with Crippen molar-refractivity contribution in [2.45, 2.75) is 0 Å². The van der Waals surface area contributed by atoms with E-state index in [1.54, 1.807) is 0 Å². The zero-order chi connectivity index (χ0) is 38.9. The summed E-state index contributed by atoms with van der Waals surface area (Å²) in [7, 11) is 0. The van der Waals surface area contributed by atoms with Crippen LogP contribution in [0.4, 0.5) is 17.1 Å². The molecule has 0 saturated carbocycles. The maximum atomic E-state index is 2.42. The Labute approximate surface area is 346 Å². The summed E-state index contributed by atoms with van der Waals surface area (Å²) in [4.78, 5) is 2.38. The summed E-state index contributed by atoms with van der Waals surface area (Å²) in [5.74, 6) is 0. The van der Waals surface area contributed by atoms with Crippen LogP contribution in [0.5, 0.6) is 0 Å². The number of benzene rings is 10. The molecule has 0 aliphatic rings. The Hall–Kier alpha value is -7.46. The lowest BCUT2D eigenvalue weighted by Gasteiger charge is -2.26. The van der Waals surface area contributed by atoms with Crippen molar-refractivity contribution in [1.82, 2.24) is 4.57 Å². The Morgan fingerprint density at radius 2 is 0.864 bits per heavy atom. The van der Waals surface area contributed by atoms with E-state index in [4.69, 9.17) is 0 Å². The van der Waals surface area contributed by atoms with Crippen molar-refractivity contribution in [3.63, 3.8) is 0 Å². The van der Waals surface area contributed by atoms with Gasteiger partial charge in [0.05, 0.1) is 11.0 Å². The lowest BCUT2D eigenvalue weighted by Crippen LogP contribution is -2.09. The quantitative estimate of drug-likeness (QED) is 0.147. The van der Waals surface area contributed by atoms with Crippen LogP contribution >= 0.6 is 11.3 Å². The molecule has 2 heterocycles. The van der Waals surface area contributed by atoms with E-state index in [0.717, 1.165) is 17.1 Å². The van der Waals surface area contributed by atoms with Gasteiger partial charge in [-0.15, -0.1) is 11.3 Å². The zero-order valence-corrected chi connectivity index (χ0v) is 32.9. The van der Waals surface area contributed by atoms with Crippen molar-refractivity contribution in [1.29, 1.82) is 0 Å². The molecule has 0 amide bonds. The summed E-state index contributed by atoms with van der Waals surface area (Å²) in [6.45, 7) is 0. The second-order valence-corrected chi connectivity index (χ2v) is 16.4. The molecule has 0 fully saturated rings. The van der Waals surface area contributed by atoms with Crippen LogP contribution in [0.15, 0.2) is 218 Å². The normalized spacial score (nSPS) is 11.7. The van der Waals surface area contributed by atoms with E-state index >= 15 is 0 Å². The van der Waals surface area contributed by atoms with Gasteiger partial charge in [-0.2, -0.15) is 0 Å². The van der Waals surface area contributed by atoms with E-state index in [0.29, 0.717) is 0 Å². The minimum atomic E-state index is 1.12. The van der Waals surface area contributed by atoms with Crippen LogP contribution in [-0.2, 0) is 0 Å². The van der Waals surface area contributed by atoms with Gasteiger partial charge >= 0.3 is 0 Å². The van der Waals surface area contributed by atoms with E-state index < -0.39 is 0 Å². The number of fused-ring (bicyclic) bond motifs is 3. The molecule has 2 nitrogen and oxygen atoms in total. The van der Waals surface area contributed by atoms with Gasteiger partial charge < -0.3 is 9.47 Å². The molecule has 0 atom stereocenters. The lowest BCUT2D eigenvalue weighted by molar-refractivity contribution is 1.18. The van der Waals surface area contributed by atoms with Crippen LogP contribution < -0.4 is 4.90 Å². The van der Waals surface area contributed by atoms with Crippen LogP contribution in [0, 0.1) is 0 Å². The van der Waals surface area contributed by atoms with Gasteiger partial charge in [-0.3, -0.25) is 0 Å². The zero-order valence-electron chi connectivity index (χ0n) is 32.1. The monoisotopic (exact) mass is 768 g/mol.